The molecule has 0 aliphatic heterocycles. The van der Waals surface area contributed by atoms with Crippen molar-refractivity contribution in [2.24, 2.45) is 5.73 Å². The molecule has 0 fully saturated rings. The summed E-state index contributed by atoms with van der Waals surface area (Å²) in [7, 11) is 1.64. The second kappa shape index (κ2) is 5.56. The van der Waals surface area contributed by atoms with E-state index in [1.165, 1.54) is 0 Å². The standard InChI is InChI=1S/C11H19N3O/c1-8(12)4-5-13-10-6-9(2)14-7-11(10)15-3/h6-8H,4-5,12H2,1-3H3,(H,13,14). The van der Waals surface area contributed by atoms with Crippen LogP contribution >= 0.6 is 0 Å². The number of aromatic nitrogens is 1. The van der Waals surface area contributed by atoms with E-state index in [1.54, 1.807) is 13.3 Å². The van der Waals surface area contributed by atoms with E-state index in [0.717, 1.165) is 30.1 Å². The van der Waals surface area contributed by atoms with Gasteiger partial charge in [-0.3, -0.25) is 4.98 Å². The van der Waals surface area contributed by atoms with E-state index in [2.05, 4.69) is 10.3 Å². The summed E-state index contributed by atoms with van der Waals surface area (Å²) < 4.78 is 5.20. The van der Waals surface area contributed by atoms with Crippen molar-refractivity contribution in [2.75, 3.05) is 19.0 Å². The Hall–Kier alpha value is -1.29. The second-order valence-corrected chi connectivity index (χ2v) is 3.72. The molecule has 0 radical (unpaired) electrons. The van der Waals surface area contributed by atoms with Gasteiger partial charge in [-0.1, -0.05) is 0 Å². The van der Waals surface area contributed by atoms with Crippen molar-refractivity contribution >= 4 is 5.69 Å². The number of nitrogens with one attached hydrogen (secondary N) is 1. The largest absolute Gasteiger partial charge is 0.493 e. The molecule has 0 aromatic carbocycles. The number of rotatable bonds is 5. The van der Waals surface area contributed by atoms with Crippen molar-refractivity contribution in [3.63, 3.8) is 0 Å². The van der Waals surface area contributed by atoms with Crippen LogP contribution in [-0.4, -0.2) is 24.7 Å². The molecule has 1 aromatic heterocycles. The molecule has 1 unspecified atom stereocenters. The Bertz CT molecular complexity index is 313. The maximum Gasteiger partial charge on any atom is 0.160 e. The molecule has 1 rings (SSSR count). The van der Waals surface area contributed by atoms with Crippen LogP contribution in [0.25, 0.3) is 0 Å². The average Bonchev–Trinajstić information content (AvgIpc) is 2.17. The topological polar surface area (TPSA) is 60.2 Å². The maximum absolute atomic E-state index is 5.67. The smallest absolute Gasteiger partial charge is 0.160 e. The summed E-state index contributed by atoms with van der Waals surface area (Å²) in [6.45, 7) is 4.80. The van der Waals surface area contributed by atoms with Gasteiger partial charge in [0.2, 0.25) is 0 Å². The van der Waals surface area contributed by atoms with E-state index in [0.29, 0.717) is 0 Å². The molecular formula is C11H19N3O. The number of nitrogens with two attached hydrogens (primary N) is 1. The lowest BCUT2D eigenvalue weighted by Crippen LogP contribution is -2.19. The van der Waals surface area contributed by atoms with Crippen LogP contribution in [0.5, 0.6) is 5.75 Å². The minimum Gasteiger partial charge on any atom is -0.493 e. The molecule has 15 heavy (non-hydrogen) atoms. The zero-order valence-electron chi connectivity index (χ0n) is 9.58. The molecule has 0 amide bonds. The van der Waals surface area contributed by atoms with Crippen molar-refractivity contribution in [2.45, 2.75) is 26.3 Å². The van der Waals surface area contributed by atoms with Crippen LogP contribution in [0.4, 0.5) is 5.69 Å². The number of nitrogens with zero attached hydrogens (tertiary/aromatic N) is 1. The number of hydrogen-bond acceptors (Lipinski definition) is 4. The summed E-state index contributed by atoms with van der Waals surface area (Å²) in [5.74, 6) is 0.769. The molecule has 0 bridgehead atoms. The van der Waals surface area contributed by atoms with Crippen molar-refractivity contribution < 1.29 is 4.74 Å². The Kier molecular flexibility index (Phi) is 4.37. The van der Waals surface area contributed by atoms with E-state index in [-0.39, 0.29) is 6.04 Å². The number of aryl methyl sites for hydroxylation is 1. The first-order valence-electron chi connectivity index (χ1n) is 5.13. The molecule has 0 saturated heterocycles. The maximum atomic E-state index is 5.67. The average molecular weight is 209 g/mol. The first-order valence-corrected chi connectivity index (χ1v) is 5.13. The van der Waals surface area contributed by atoms with Crippen molar-refractivity contribution in [3.8, 4) is 5.75 Å². The van der Waals surface area contributed by atoms with Crippen LogP contribution in [0.3, 0.4) is 0 Å². The van der Waals surface area contributed by atoms with Gasteiger partial charge in [0.1, 0.15) is 0 Å². The van der Waals surface area contributed by atoms with Gasteiger partial charge in [0.25, 0.3) is 0 Å². The first-order chi connectivity index (χ1) is 7.13. The molecule has 0 aliphatic carbocycles. The highest BCUT2D eigenvalue weighted by Crippen LogP contribution is 2.23. The van der Waals surface area contributed by atoms with E-state index >= 15 is 0 Å². The minimum absolute atomic E-state index is 0.214. The molecule has 1 atom stereocenters. The van der Waals surface area contributed by atoms with Gasteiger partial charge in [0, 0.05) is 18.3 Å². The lowest BCUT2D eigenvalue weighted by atomic mass is 10.2. The summed E-state index contributed by atoms with van der Waals surface area (Å²) in [5.41, 5.74) is 7.62. The monoisotopic (exact) mass is 209 g/mol. The second-order valence-electron chi connectivity index (χ2n) is 3.72. The van der Waals surface area contributed by atoms with Crippen LogP contribution in [0.2, 0.25) is 0 Å². The Labute approximate surface area is 90.8 Å². The van der Waals surface area contributed by atoms with Gasteiger partial charge < -0.3 is 15.8 Å². The van der Waals surface area contributed by atoms with Crippen LogP contribution in [0, 0.1) is 6.92 Å². The fourth-order valence-electron chi connectivity index (χ4n) is 1.28. The van der Waals surface area contributed by atoms with Gasteiger partial charge in [-0.15, -0.1) is 0 Å². The fourth-order valence-corrected chi connectivity index (χ4v) is 1.28. The van der Waals surface area contributed by atoms with Crippen LogP contribution in [0.15, 0.2) is 12.3 Å². The summed E-state index contributed by atoms with van der Waals surface area (Å²) in [5, 5.41) is 3.29. The van der Waals surface area contributed by atoms with Crippen LogP contribution < -0.4 is 15.8 Å². The molecule has 0 saturated carbocycles. The molecule has 1 heterocycles. The summed E-state index contributed by atoms with van der Waals surface area (Å²) in [6.07, 6.45) is 2.66. The lowest BCUT2D eigenvalue weighted by molar-refractivity contribution is 0.414. The SMILES string of the molecule is COc1cnc(C)cc1NCCC(C)N. The Balaban J connectivity index is 2.62. The van der Waals surface area contributed by atoms with Gasteiger partial charge in [-0.25, -0.2) is 0 Å². The van der Waals surface area contributed by atoms with E-state index < -0.39 is 0 Å². The van der Waals surface area contributed by atoms with Gasteiger partial charge in [0.15, 0.2) is 5.75 Å². The highest BCUT2D eigenvalue weighted by Gasteiger charge is 2.03. The van der Waals surface area contributed by atoms with E-state index in [4.69, 9.17) is 10.5 Å². The Morgan fingerprint density at radius 2 is 2.33 bits per heavy atom. The van der Waals surface area contributed by atoms with Crippen molar-refractivity contribution in [3.05, 3.63) is 18.0 Å². The Morgan fingerprint density at radius 3 is 2.93 bits per heavy atom. The van der Waals surface area contributed by atoms with Crippen molar-refractivity contribution in [1.29, 1.82) is 0 Å². The lowest BCUT2D eigenvalue weighted by Gasteiger charge is -2.12. The third kappa shape index (κ3) is 3.75. The molecule has 4 heteroatoms. The zero-order chi connectivity index (χ0) is 11.3. The molecule has 1 aromatic rings. The van der Waals surface area contributed by atoms with Gasteiger partial charge in [-0.2, -0.15) is 0 Å². The first kappa shape index (κ1) is 11.8. The van der Waals surface area contributed by atoms with E-state index in [1.807, 2.05) is 19.9 Å². The number of pyridine rings is 1. The quantitative estimate of drug-likeness (QED) is 0.772. The number of hydrogen-bond donors (Lipinski definition) is 2. The predicted molar refractivity (Wildman–Crippen MR) is 62.3 cm³/mol. The number of ether oxygens (including phenoxy) is 1. The normalized spacial score (nSPS) is 12.3. The third-order valence-corrected chi connectivity index (χ3v) is 2.14. The molecule has 3 N–H and O–H groups in total. The van der Waals surface area contributed by atoms with Crippen LogP contribution in [-0.2, 0) is 0 Å². The fraction of sp³-hybridized carbons (Fsp3) is 0.545. The van der Waals surface area contributed by atoms with Crippen molar-refractivity contribution in [1.82, 2.24) is 4.98 Å². The molecule has 84 valence electrons. The van der Waals surface area contributed by atoms with Gasteiger partial charge in [-0.05, 0) is 26.3 Å². The Morgan fingerprint density at radius 1 is 1.60 bits per heavy atom. The summed E-state index contributed by atoms with van der Waals surface area (Å²) in [4.78, 5) is 4.16. The van der Waals surface area contributed by atoms with Gasteiger partial charge >= 0.3 is 0 Å². The zero-order valence-corrected chi connectivity index (χ0v) is 9.58. The van der Waals surface area contributed by atoms with Gasteiger partial charge in [0.05, 0.1) is 19.0 Å². The minimum atomic E-state index is 0.214. The highest BCUT2D eigenvalue weighted by molar-refractivity contribution is 5.55. The van der Waals surface area contributed by atoms with E-state index in [9.17, 15) is 0 Å². The summed E-state index contributed by atoms with van der Waals surface area (Å²) in [6, 6.07) is 2.19. The molecule has 4 nitrogen and oxygen atoms in total. The number of methoxy groups -OCH3 is 1. The third-order valence-electron chi connectivity index (χ3n) is 2.14. The highest BCUT2D eigenvalue weighted by atomic mass is 16.5. The number of anilines is 1. The molecule has 0 aliphatic rings. The predicted octanol–water partition coefficient (Wildman–Crippen LogP) is 1.55. The summed E-state index contributed by atoms with van der Waals surface area (Å²) >= 11 is 0. The molecule has 0 spiro atoms. The molecular weight excluding hydrogens is 190 g/mol. The van der Waals surface area contributed by atoms with Crippen LogP contribution in [0.1, 0.15) is 19.0 Å².